The van der Waals surface area contributed by atoms with E-state index in [1.54, 1.807) is 48.5 Å². The molecule has 0 spiro atoms. The molecule has 2 aromatic carbocycles. The number of carbonyl (C=O) groups is 4. The molecule has 7 nitrogen and oxygen atoms in total. The first-order valence-electron chi connectivity index (χ1n) is 9.57. The number of rotatable bonds is 7. The molecule has 156 valence electrons. The van der Waals surface area contributed by atoms with Crippen LogP contribution < -0.4 is 4.74 Å². The molecule has 0 N–H and O–H groups in total. The summed E-state index contributed by atoms with van der Waals surface area (Å²) in [6.07, 6.45) is 0. The van der Waals surface area contributed by atoms with E-state index in [9.17, 15) is 19.2 Å². The second kappa shape index (κ2) is 8.49. The van der Waals surface area contributed by atoms with E-state index in [4.69, 9.17) is 9.47 Å². The lowest BCUT2D eigenvalue weighted by Gasteiger charge is -2.16. The number of hydrogen-bond donors (Lipinski definition) is 0. The van der Waals surface area contributed by atoms with E-state index in [0.717, 1.165) is 4.90 Å². The van der Waals surface area contributed by atoms with E-state index in [0.29, 0.717) is 11.3 Å². The highest BCUT2D eigenvalue weighted by Gasteiger charge is 2.36. The summed E-state index contributed by atoms with van der Waals surface area (Å²) in [4.78, 5) is 49.6. The van der Waals surface area contributed by atoms with Crippen LogP contribution in [-0.2, 0) is 9.53 Å². The van der Waals surface area contributed by atoms with Gasteiger partial charge in [0.1, 0.15) is 25.5 Å². The monoisotopic (exact) mass is 409 g/mol. The normalized spacial score (nSPS) is 13.2. The lowest BCUT2D eigenvalue weighted by Crippen LogP contribution is -2.36. The summed E-state index contributed by atoms with van der Waals surface area (Å²) in [7, 11) is 0. The summed E-state index contributed by atoms with van der Waals surface area (Å²) in [6.45, 7) is 5.18. The van der Waals surface area contributed by atoms with Crippen LogP contribution in [0.2, 0.25) is 0 Å². The second-order valence-corrected chi connectivity index (χ2v) is 7.91. The topological polar surface area (TPSA) is 90.0 Å². The molecule has 0 bridgehead atoms. The largest absolute Gasteiger partial charge is 0.490 e. The number of amides is 2. The van der Waals surface area contributed by atoms with Crippen LogP contribution in [0, 0.1) is 5.41 Å². The number of hydrogen-bond acceptors (Lipinski definition) is 6. The Morgan fingerprint density at radius 1 is 0.867 bits per heavy atom. The average molecular weight is 409 g/mol. The average Bonchev–Trinajstić information content (AvgIpc) is 2.95. The van der Waals surface area contributed by atoms with Crippen LogP contribution in [0.3, 0.4) is 0 Å². The second-order valence-electron chi connectivity index (χ2n) is 7.91. The molecule has 1 heterocycles. The lowest BCUT2D eigenvalue weighted by molar-refractivity contribution is -0.144. The molecule has 0 saturated heterocycles. The maximum atomic E-state index is 12.2. The Balaban J connectivity index is 1.44. The molecule has 2 amide bonds. The Labute approximate surface area is 174 Å². The molecule has 1 aliphatic rings. The molecule has 0 unspecified atom stereocenters. The van der Waals surface area contributed by atoms with Crippen molar-refractivity contribution in [2.75, 3.05) is 19.8 Å². The van der Waals surface area contributed by atoms with Crippen LogP contribution in [0.5, 0.6) is 5.75 Å². The van der Waals surface area contributed by atoms with Crippen molar-refractivity contribution in [1.29, 1.82) is 0 Å². The Hall–Kier alpha value is -3.48. The smallest absolute Gasteiger partial charge is 0.326 e. The standard InChI is InChI=1S/C23H23NO6/c1-23(2,3)20(26)15-8-10-16(11-9-15)29-12-13-30-19(25)14-24-21(27)17-6-4-5-7-18(17)22(24)28/h4-11H,12-14H2,1-3H3. The molecule has 0 atom stereocenters. The minimum Gasteiger partial charge on any atom is -0.490 e. The predicted octanol–water partition coefficient (Wildman–Crippen LogP) is 3.13. The minimum absolute atomic E-state index is 0.0370. The van der Waals surface area contributed by atoms with Gasteiger partial charge in [0, 0.05) is 11.0 Å². The summed E-state index contributed by atoms with van der Waals surface area (Å²) in [5, 5.41) is 0. The zero-order chi connectivity index (χ0) is 21.9. The van der Waals surface area contributed by atoms with Crippen molar-refractivity contribution < 1.29 is 28.7 Å². The minimum atomic E-state index is -0.695. The highest BCUT2D eigenvalue weighted by atomic mass is 16.6. The summed E-state index contributed by atoms with van der Waals surface area (Å²) < 4.78 is 10.6. The molecular weight excluding hydrogens is 386 g/mol. The van der Waals surface area contributed by atoms with Crippen molar-refractivity contribution in [2.24, 2.45) is 5.41 Å². The van der Waals surface area contributed by atoms with Crippen molar-refractivity contribution in [2.45, 2.75) is 20.8 Å². The van der Waals surface area contributed by atoms with Crippen LogP contribution in [0.25, 0.3) is 0 Å². The van der Waals surface area contributed by atoms with Gasteiger partial charge in [0.25, 0.3) is 11.8 Å². The number of ether oxygens (including phenoxy) is 2. The number of nitrogens with zero attached hydrogens (tertiary/aromatic N) is 1. The number of fused-ring (bicyclic) bond motifs is 1. The van der Waals surface area contributed by atoms with E-state index in [2.05, 4.69) is 0 Å². The molecule has 0 fully saturated rings. The van der Waals surface area contributed by atoms with Gasteiger partial charge in [-0.15, -0.1) is 0 Å². The van der Waals surface area contributed by atoms with Crippen molar-refractivity contribution in [3.05, 3.63) is 65.2 Å². The molecule has 7 heteroatoms. The Bertz CT molecular complexity index is 952. The fraction of sp³-hybridized carbons (Fsp3) is 0.304. The number of esters is 1. The van der Waals surface area contributed by atoms with Gasteiger partial charge in [0.15, 0.2) is 5.78 Å². The van der Waals surface area contributed by atoms with E-state index in [-0.39, 0.29) is 30.1 Å². The Morgan fingerprint density at radius 2 is 1.43 bits per heavy atom. The number of carbonyl (C=O) groups excluding carboxylic acids is 4. The quantitative estimate of drug-likeness (QED) is 0.302. The zero-order valence-electron chi connectivity index (χ0n) is 17.1. The molecule has 0 aromatic heterocycles. The van der Waals surface area contributed by atoms with E-state index in [1.807, 2.05) is 20.8 Å². The highest BCUT2D eigenvalue weighted by Crippen LogP contribution is 2.23. The summed E-state index contributed by atoms with van der Waals surface area (Å²) in [5.41, 5.74) is 0.706. The van der Waals surface area contributed by atoms with Crippen LogP contribution in [-0.4, -0.2) is 48.2 Å². The number of ketones is 1. The lowest BCUT2D eigenvalue weighted by atomic mass is 9.86. The predicted molar refractivity (Wildman–Crippen MR) is 108 cm³/mol. The third-order valence-electron chi connectivity index (χ3n) is 4.58. The van der Waals surface area contributed by atoms with E-state index in [1.165, 1.54) is 0 Å². The van der Waals surface area contributed by atoms with Gasteiger partial charge in [-0.3, -0.25) is 24.1 Å². The number of imide groups is 1. The van der Waals surface area contributed by atoms with E-state index >= 15 is 0 Å². The zero-order valence-corrected chi connectivity index (χ0v) is 17.1. The van der Waals surface area contributed by atoms with Gasteiger partial charge in [-0.05, 0) is 36.4 Å². The fourth-order valence-electron chi connectivity index (χ4n) is 3.01. The highest BCUT2D eigenvalue weighted by molar-refractivity contribution is 6.22. The molecule has 0 aliphatic carbocycles. The molecule has 1 aliphatic heterocycles. The molecule has 2 aromatic rings. The van der Waals surface area contributed by atoms with Crippen LogP contribution in [0.15, 0.2) is 48.5 Å². The van der Waals surface area contributed by atoms with Crippen molar-refractivity contribution in [3.8, 4) is 5.75 Å². The van der Waals surface area contributed by atoms with Gasteiger partial charge >= 0.3 is 5.97 Å². The molecule has 0 saturated carbocycles. The number of benzene rings is 2. The summed E-state index contributed by atoms with van der Waals surface area (Å²) >= 11 is 0. The van der Waals surface area contributed by atoms with Crippen molar-refractivity contribution >= 4 is 23.6 Å². The summed E-state index contributed by atoms with van der Waals surface area (Å²) in [6, 6.07) is 13.2. The van der Waals surface area contributed by atoms with Crippen molar-refractivity contribution in [1.82, 2.24) is 4.90 Å². The van der Waals surface area contributed by atoms with Gasteiger partial charge in [0.2, 0.25) is 0 Å². The fourth-order valence-corrected chi connectivity index (χ4v) is 3.01. The SMILES string of the molecule is CC(C)(C)C(=O)c1ccc(OCCOC(=O)CN2C(=O)c3ccccc3C2=O)cc1. The molecule has 3 rings (SSSR count). The van der Waals surface area contributed by atoms with Crippen LogP contribution in [0.4, 0.5) is 0 Å². The number of Topliss-reactive ketones (excluding diaryl/α,β-unsaturated/α-hetero) is 1. The first-order chi connectivity index (χ1) is 14.2. The van der Waals surface area contributed by atoms with Crippen LogP contribution >= 0.6 is 0 Å². The van der Waals surface area contributed by atoms with Gasteiger partial charge in [-0.2, -0.15) is 0 Å². The van der Waals surface area contributed by atoms with Gasteiger partial charge in [-0.25, -0.2) is 0 Å². The van der Waals surface area contributed by atoms with E-state index < -0.39 is 29.7 Å². The first-order valence-corrected chi connectivity index (χ1v) is 9.57. The van der Waals surface area contributed by atoms with Crippen molar-refractivity contribution in [3.63, 3.8) is 0 Å². The third-order valence-corrected chi connectivity index (χ3v) is 4.58. The maximum Gasteiger partial charge on any atom is 0.326 e. The molecule has 30 heavy (non-hydrogen) atoms. The van der Waals surface area contributed by atoms with Crippen LogP contribution in [0.1, 0.15) is 51.8 Å². The first kappa shape index (κ1) is 21.2. The van der Waals surface area contributed by atoms with Gasteiger partial charge in [-0.1, -0.05) is 32.9 Å². The molecular formula is C23H23NO6. The van der Waals surface area contributed by atoms with Gasteiger partial charge < -0.3 is 9.47 Å². The third kappa shape index (κ3) is 4.56. The Morgan fingerprint density at radius 3 is 1.97 bits per heavy atom. The maximum absolute atomic E-state index is 12.2. The van der Waals surface area contributed by atoms with Gasteiger partial charge in [0.05, 0.1) is 11.1 Å². The Kier molecular flexibility index (Phi) is 6.01. The summed E-state index contributed by atoms with van der Waals surface area (Å²) in [5.74, 6) is -1.13. The molecule has 0 radical (unpaired) electrons.